The van der Waals surface area contributed by atoms with E-state index in [0.29, 0.717) is 19.1 Å². The van der Waals surface area contributed by atoms with Crippen LogP contribution in [-0.4, -0.2) is 25.9 Å². The summed E-state index contributed by atoms with van der Waals surface area (Å²) in [5, 5.41) is 3.43. The largest absolute Gasteiger partial charge is 0.490 e. The predicted molar refractivity (Wildman–Crippen MR) is 87.3 cm³/mol. The van der Waals surface area contributed by atoms with Crippen LogP contribution in [0.3, 0.4) is 0 Å². The highest BCUT2D eigenvalue weighted by Crippen LogP contribution is 2.26. The molecule has 0 atom stereocenters. The minimum absolute atomic E-state index is 0.247. The second-order valence-electron chi connectivity index (χ2n) is 5.56. The monoisotopic (exact) mass is 343 g/mol. The van der Waals surface area contributed by atoms with Crippen molar-refractivity contribution in [3.05, 3.63) is 28.2 Å². The second-order valence-corrected chi connectivity index (χ2v) is 6.41. The second kappa shape index (κ2) is 9.37. The van der Waals surface area contributed by atoms with E-state index in [1.165, 1.54) is 5.56 Å². The summed E-state index contributed by atoms with van der Waals surface area (Å²) >= 11 is 3.56. The number of rotatable bonds is 9. The van der Waals surface area contributed by atoms with E-state index in [2.05, 4.69) is 47.2 Å². The maximum Gasteiger partial charge on any atom is 0.133 e. The predicted octanol–water partition coefficient (Wildman–Crippen LogP) is 4.00. The van der Waals surface area contributed by atoms with Gasteiger partial charge in [-0.2, -0.15) is 0 Å². The van der Waals surface area contributed by atoms with Crippen LogP contribution >= 0.6 is 15.9 Å². The summed E-state index contributed by atoms with van der Waals surface area (Å²) in [6, 6.07) is 6.20. The summed E-state index contributed by atoms with van der Waals surface area (Å²) < 4.78 is 12.1. The first kappa shape index (κ1) is 17.5. The summed E-state index contributed by atoms with van der Waals surface area (Å²) in [6.45, 7) is 11.6. The number of ether oxygens (including phenoxy) is 2. The maximum atomic E-state index is 5.69. The first-order valence-corrected chi connectivity index (χ1v) is 8.02. The van der Waals surface area contributed by atoms with E-state index < -0.39 is 0 Å². The Bertz CT molecular complexity index is 394. The van der Waals surface area contributed by atoms with Gasteiger partial charge in [0.15, 0.2) is 0 Å². The first-order chi connectivity index (χ1) is 9.49. The van der Waals surface area contributed by atoms with Gasteiger partial charge in [0.25, 0.3) is 0 Å². The molecule has 4 heteroatoms. The third kappa shape index (κ3) is 7.27. The molecule has 0 spiro atoms. The van der Waals surface area contributed by atoms with Crippen molar-refractivity contribution in [3.63, 3.8) is 0 Å². The van der Waals surface area contributed by atoms with Crippen LogP contribution in [0, 0.1) is 5.92 Å². The minimum Gasteiger partial charge on any atom is -0.490 e. The normalized spacial score (nSPS) is 11.3. The molecule has 0 bridgehead atoms. The highest BCUT2D eigenvalue weighted by molar-refractivity contribution is 9.10. The standard InChI is InChI=1S/C16H26BrNO2/c1-12(2)10-18-11-14-5-6-16(15(17)9-14)20-8-7-19-13(3)4/h5-6,9,12-13,18H,7-8,10-11H2,1-4H3. The summed E-state index contributed by atoms with van der Waals surface area (Å²) in [5.74, 6) is 1.53. The highest BCUT2D eigenvalue weighted by Gasteiger charge is 2.03. The van der Waals surface area contributed by atoms with Crippen LogP contribution in [0.1, 0.15) is 33.3 Å². The lowest BCUT2D eigenvalue weighted by Gasteiger charge is -2.12. The van der Waals surface area contributed by atoms with Crippen molar-refractivity contribution in [1.29, 1.82) is 0 Å². The Morgan fingerprint density at radius 1 is 1.15 bits per heavy atom. The summed E-state index contributed by atoms with van der Waals surface area (Å²) in [7, 11) is 0. The van der Waals surface area contributed by atoms with E-state index in [1.54, 1.807) is 0 Å². The number of hydrogen-bond acceptors (Lipinski definition) is 3. The zero-order valence-electron chi connectivity index (χ0n) is 12.9. The van der Waals surface area contributed by atoms with E-state index in [1.807, 2.05) is 19.9 Å². The number of halogens is 1. The molecule has 0 aliphatic heterocycles. The number of nitrogens with one attached hydrogen (secondary N) is 1. The van der Waals surface area contributed by atoms with Crippen LogP contribution in [0.2, 0.25) is 0 Å². The van der Waals surface area contributed by atoms with Gasteiger partial charge in [0.1, 0.15) is 12.4 Å². The summed E-state index contributed by atoms with van der Waals surface area (Å²) in [5.41, 5.74) is 1.25. The molecule has 3 nitrogen and oxygen atoms in total. The third-order valence-electron chi connectivity index (χ3n) is 2.67. The molecule has 0 amide bonds. The zero-order chi connectivity index (χ0) is 15.0. The molecule has 0 radical (unpaired) electrons. The molecule has 1 N–H and O–H groups in total. The Labute approximate surface area is 131 Å². The van der Waals surface area contributed by atoms with Gasteiger partial charge >= 0.3 is 0 Å². The Kier molecular flexibility index (Phi) is 8.19. The zero-order valence-corrected chi connectivity index (χ0v) is 14.5. The Morgan fingerprint density at radius 3 is 2.50 bits per heavy atom. The summed E-state index contributed by atoms with van der Waals surface area (Å²) in [6.07, 6.45) is 0.247. The van der Waals surface area contributed by atoms with E-state index in [0.717, 1.165) is 23.3 Å². The number of benzene rings is 1. The third-order valence-corrected chi connectivity index (χ3v) is 3.29. The average Bonchev–Trinajstić information content (AvgIpc) is 2.36. The minimum atomic E-state index is 0.247. The topological polar surface area (TPSA) is 30.5 Å². The summed E-state index contributed by atoms with van der Waals surface area (Å²) in [4.78, 5) is 0. The quantitative estimate of drug-likeness (QED) is 0.687. The average molecular weight is 344 g/mol. The molecule has 0 aromatic heterocycles. The fraction of sp³-hybridized carbons (Fsp3) is 0.625. The van der Waals surface area contributed by atoms with Crippen molar-refractivity contribution in [2.24, 2.45) is 5.92 Å². The molecule has 0 unspecified atom stereocenters. The molecule has 0 aliphatic carbocycles. The molecular weight excluding hydrogens is 318 g/mol. The van der Waals surface area contributed by atoms with Crippen molar-refractivity contribution in [1.82, 2.24) is 5.32 Å². The molecule has 1 aromatic rings. The van der Waals surface area contributed by atoms with Crippen LogP contribution in [0.5, 0.6) is 5.75 Å². The van der Waals surface area contributed by atoms with Gasteiger partial charge in [-0.3, -0.25) is 0 Å². The fourth-order valence-electron chi connectivity index (χ4n) is 1.71. The fourth-order valence-corrected chi connectivity index (χ4v) is 2.25. The van der Waals surface area contributed by atoms with Crippen LogP contribution in [0.4, 0.5) is 0 Å². The molecule has 1 aromatic carbocycles. The van der Waals surface area contributed by atoms with Crippen molar-refractivity contribution >= 4 is 15.9 Å². The maximum absolute atomic E-state index is 5.69. The van der Waals surface area contributed by atoms with Gasteiger partial charge < -0.3 is 14.8 Å². The Morgan fingerprint density at radius 2 is 1.90 bits per heavy atom. The molecule has 0 saturated heterocycles. The van der Waals surface area contributed by atoms with Crippen molar-refractivity contribution in [3.8, 4) is 5.75 Å². The van der Waals surface area contributed by atoms with Crippen molar-refractivity contribution in [2.45, 2.75) is 40.3 Å². The van der Waals surface area contributed by atoms with Crippen LogP contribution in [-0.2, 0) is 11.3 Å². The SMILES string of the molecule is CC(C)CNCc1ccc(OCCOC(C)C)c(Br)c1. The van der Waals surface area contributed by atoms with Gasteiger partial charge in [-0.15, -0.1) is 0 Å². The van der Waals surface area contributed by atoms with E-state index >= 15 is 0 Å². The number of hydrogen-bond donors (Lipinski definition) is 1. The Balaban J connectivity index is 2.39. The van der Waals surface area contributed by atoms with Crippen LogP contribution in [0.25, 0.3) is 0 Å². The van der Waals surface area contributed by atoms with Crippen molar-refractivity contribution in [2.75, 3.05) is 19.8 Å². The van der Waals surface area contributed by atoms with Gasteiger partial charge in [0, 0.05) is 6.54 Å². The van der Waals surface area contributed by atoms with Crippen LogP contribution < -0.4 is 10.1 Å². The Hall–Kier alpha value is -0.580. The van der Waals surface area contributed by atoms with Crippen LogP contribution in [0.15, 0.2) is 22.7 Å². The lowest BCUT2D eigenvalue weighted by atomic mass is 10.2. The lowest BCUT2D eigenvalue weighted by Crippen LogP contribution is -2.18. The molecule has 0 saturated carbocycles. The van der Waals surface area contributed by atoms with Gasteiger partial charge in [0.2, 0.25) is 0 Å². The van der Waals surface area contributed by atoms with Gasteiger partial charge in [0.05, 0.1) is 17.2 Å². The molecular formula is C16H26BrNO2. The molecule has 0 heterocycles. The first-order valence-electron chi connectivity index (χ1n) is 7.22. The molecule has 114 valence electrons. The van der Waals surface area contributed by atoms with E-state index in [-0.39, 0.29) is 6.10 Å². The highest BCUT2D eigenvalue weighted by atomic mass is 79.9. The molecule has 0 aliphatic rings. The van der Waals surface area contributed by atoms with Gasteiger partial charge in [-0.25, -0.2) is 0 Å². The molecule has 1 rings (SSSR count). The van der Waals surface area contributed by atoms with Crippen molar-refractivity contribution < 1.29 is 9.47 Å². The van der Waals surface area contributed by atoms with E-state index in [9.17, 15) is 0 Å². The lowest BCUT2D eigenvalue weighted by molar-refractivity contribution is 0.0551. The van der Waals surface area contributed by atoms with Gasteiger partial charge in [-0.1, -0.05) is 19.9 Å². The molecule has 20 heavy (non-hydrogen) atoms. The van der Waals surface area contributed by atoms with Gasteiger partial charge in [-0.05, 0) is 59.9 Å². The smallest absolute Gasteiger partial charge is 0.133 e. The molecule has 0 fully saturated rings. The van der Waals surface area contributed by atoms with E-state index in [4.69, 9.17) is 9.47 Å².